The van der Waals surface area contributed by atoms with Gasteiger partial charge in [-0.3, -0.25) is 0 Å². The summed E-state index contributed by atoms with van der Waals surface area (Å²) in [6.45, 7) is 0.491. The highest BCUT2D eigenvalue weighted by molar-refractivity contribution is 7.99. The maximum atomic E-state index is 13.4. The third kappa shape index (κ3) is 3.24. The van der Waals surface area contributed by atoms with Crippen molar-refractivity contribution in [3.8, 4) is 0 Å². The van der Waals surface area contributed by atoms with Gasteiger partial charge >= 0.3 is 0 Å². The normalized spacial score (nSPS) is 15.7. The van der Waals surface area contributed by atoms with Gasteiger partial charge in [0.25, 0.3) is 0 Å². The monoisotopic (exact) mass is 307 g/mol. The molecule has 0 unspecified atom stereocenters. The van der Waals surface area contributed by atoms with E-state index in [9.17, 15) is 4.39 Å². The lowest BCUT2D eigenvalue weighted by Gasteiger charge is -2.12. The molecule has 0 bridgehead atoms. The fourth-order valence-corrected chi connectivity index (χ4v) is 3.71. The van der Waals surface area contributed by atoms with Crippen LogP contribution >= 0.6 is 11.8 Å². The van der Waals surface area contributed by atoms with Crippen molar-refractivity contribution in [2.75, 3.05) is 6.54 Å². The number of hydrogen-bond donors (Lipinski definition) is 1. The molecule has 3 rings (SSSR count). The molecule has 1 aromatic carbocycles. The number of benzene rings is 1. The molecule has 1 saturated carbocycles. The molecular weight excluding hydrogens is 289 g/mol. The fourth-order valence-electron chi connectivity index (χ4n) is 2.73. The summed E-state index contributed by atoms with van der Waals surface area (Å²) < 4.78 is 15.3. The first-order valence-electron chi connectivity index (χ1n) is 7.22. The standard InChI is InChI=1S/C14H18FN5S/c15-11-5-6-13(10(9-11)7-8-16)21-14-17-18-19-20(14)12-3-1-2-4-12/h5-6,9,12H,1-4,7-8,16H2. The van der Waals surface area contributed by atoms with Gasteiger partial charge in [-0.25, -0.2) is 9.07 Å². The quantitative estimate of drug-likeness (QED) is 0.919. The van der Waals surface area contributed by atoms with Crippen LogP contribution in [0.25, 0.3) is 0 Å². The number of nitrogens with zero attached hydrogens (tertiary/aromatic N) is 4. The van der Waals surface area contributed by atoms with Crippen LogP contribution in [0.1, 0.15) is 37.3 Å². The predicted octanol–water partition coefficient (Wildman–Crippen LogP) is 2.58. The average Bonchev–Trinajstić information content (AvgIpc) is 3.13. The van der Waals surface area contributed by atoms with Crippen LogP contribution in [0.2, 0.25) is 0 Å². The summed E-state index contributed by atoms with van der Waals surface area (Å²) in [4.78, 5) is 0.968. The molecule has 0 atom stereocenters. The first-order valence-corrected chi connectivity index (χ1v) is 8.04. The summed E-state index contributed by atoms with van der Waals surface area (Å²) in [6, 6.07) is 5.17. The molecule has 1 aromatic heterocycles. The minimum Gasteiger partial charge on any atom is -0.330 e. The summed E-state index contributed by atoms with van der Waals surface area (Å²) in [7, 11) is 0. The van der Waals surface area contributed by atoms with E-state index < -0.39 is 0 Å². The van der Waals surface area contributed by atoms with Crippen LogP contribution < -0.4 is 5.73 Å². The van der Waals surface area contributed by atoms with Gasteiger partial charge in [-0.05, 0) is 71.8 Å². The first-order chi connectivity index (χ1) is 10.3. The number of nitrogens with two attached hydrogens (primary N) is 1. The SMILES string of the molecule is NCCc1cc(F)ccc1Sc1nnnn1C1CCCC1. The largest absolute Gasteiger partial charge is 0.330 e. The Morgan fingerprint density at radius 1 is 1.33 bits per heavy atom. The Morgan fingerprint density at radius 3 is 2.90 bits per heavy atom. The molecule has 0 saturated heterocycles. The summed E-state index contributed by atoms with van der Waals surface area (Å²) in [6.07, 6.45) is 5.34. The number of tetrazole rings is 1. The number of halogens is 1. The van der Waals surface area contributed by atoms with Crippen LogP contribution in [0.4, 0.5) is 4.39 Å². The lowest BCUT2D eigenvalue weighted by Crippen LogP contribution is -2.08. The zero-order valence-electron chi connectivity index (χ0n) is 11.7. The molecule has 21 heavy (non-hydrogen) atoms. The van der Waals surface area contributed by atoms with Gasteiger partial charge in [-0.2, -0.15) is 0 Å². The second-order valence-electron chi connectivity index (χ2n) is 5.24. The van der Waals surface area contributed by atoms with Crippen molar-refractivity contribution in [2.24, 2.45) is 5.73 Å². The van der Waals surface area contributed by atoms with Crippen molar-refractivity contribution in [1.82, 2.24) is 20.2 Å². The number of rotatable bonds is 5. The summed E-state index contributed by atoms with van der Waals surface area (Å²) in [5.74, 6) is -0.238. The van der Waals surface area contributed by atoms with Crippen molar-refractivity contribution in [3.63, 3.8) is 0 Å². The van der Waals surface area contributed by atoms with E-state index in [1.165, 1.54) is 30.7 Å². The van der Waals surface area contributed by atoms with Crippen LogP contribution in [0.15, 0.2) is 28.3 Å². The molecule has 0 amide bonds. The third-order valence-electron chi connectivity index (χ3n) is 3.77. The predicted molar refractivity (Wildman–Crippen MR) is 78.6 cm³/mol. The second-order valence-corrected chi connectivity index (χ2v) is 6.25. The van der Waals surface area contributed by atoms with Crippen molar-refractivity contribution >= 4 is 11.8 Å². The molecule has 0 spiro atoms. The summed E-state index contributed by atoms with van der Waals surface area (Å²) >= 11 is 1.49. The van der Waals surface area contributed by atoms with Gasteiger partial charge in [0, 0.05) is 4.90 Å². The third-order valence-corrected chi connectivity index (χ3v) is 4.84. The Labute approximate surface area is 127 Å². The van der Waals surface area contributed by atoms with Gasteiger partial charge in [0.05, 0.1) is 6.04 Å². The smallest absolute Gasteiger partial charge is 0.214 e. The van der Waals surface area contributed by atoms with Crippen LogP contribution in [-0.4, -0.2) is 26.8 Å². The fraction of sp³-hybridized carbons (Fsp3) is 0.500. The molecule has 2 aromatic rings. The highest BCUT2D eigenvalue weighted by atomic mass is 32.2. The van der Waals surface area contributed by atoms with Gasteiger partial charge in [0.15, 0.2) is 0 Å². The van der Waals surface area contributed by atoms with Gasteiger partial charge < -0.3 is 5.73 Å². The van der Waals surface area contributed by atoms with Crippen molar-refractivity contribution in [1.29, 1.82) is 0 Å². The molecule has 1 aliphatic rings. The molecule has 5 nitrogen and oxygen atoms in total. The number of hydrogen-bond acceptors (Lipinski definition) is 5. The maximum Gasteiger partial charge on any atom is 0.214 e. The van der Waals surface area contributed by atoms with E-state index in [0.29, 0.717) is 19.0 Å². The van der Waals surface area contributed by atoms with Crippen LogP contribution in [0, 0.1) is 5.82 Å². The first kappa shape index (κ1) is 14.5. The van der Waals surface area contributed by atoms with Crippen LogP contribution in [0.3, 0.4) is 0 Å². The van der Waals surface area contributed by atoms with E-state index in [-0.39, 0.29) is 5.82 Å². The Hall–Kier alpha value is -1.47. The molecule has 1 fully saturated rings. The Kier molecular flexibility index (Phi) is 4.50. The highest BCUT2D eigenvalue weighted by Gasteiger charge is 2.22. The van der Waals surface area contributed by atoms with Crippen molar-refractivity contribution < 1.29 is 4.39 Å². The van der Waals surface area contributed by atoms with Crippen molar-refractivity contribution in [2.45, 2.75) is 48.2 Å². The zero-order chi connectivity index (χ0) is 14.7. The topological polar surface area (TPSA) is 69.6 Å². The highest BCUT2D eigenvalue weighted by Crippen LogP contribution is 2.35. The molecular formula is C14H18FN5S. The van der Waals surface area contributed by atoms with Gasteiger partial charge in [0.1, 0.15) is 5.82 Å². The molecule has 0 radical (unpaired) electrons. The molecule has 1 aliphatic carbocycles. The van der Waals surface area contributed by atoms with Crippen LogP contribution in [-0.2, 0) is 6.42 Å². The lowest BCUT2D eigenvalue weighted by molar-refractivity contribution is 0.423. The minimum absolute atomic E-state index is 0.238. The van der Waals surface area contributed by atoms with E-state index in [4.69, 9.17) is 5.73 Å². The molecule has 1 heterocycles. The summed E-state index contributed by atoms with van der Waals surface area (Å²) in [5, 5.41) is 12.8. The van der Waals surface area contributed by atoms with Gasteiger partial charge in [-0.15, -0.1) is 5.10 Å². The Bertz CT molecular complexity index is 609. The number of aromatic nitrogens is 4. The average molecular weight is 307 g/mol. The van der Waals surface area contributed by atoms with E-state index >= 15 is 0 Å². The van der Waals surface area contributed by atoms with Crippen LogP contribution in [0.5, 0.6) is 0 Å². The van der Waals surface area contributed by atoms with Gasteiger partial charge in [-0.1, -0.05) is 12.8 Å². The summed E-state index contributed by atoms with van der Waals surface area (Å²) in [5.41, 5.74) is 6.51. The zero-order valence-corrected chi connectivity index (χ0v) is 12.5. The van der Waals surface area contributed by atoms with E-state index in [1.54, 1.807) is 12.1 Å². The minimum atomic E-state index is -0.238. The Balaban J connectivity index is 1.85. The lowest BCUT2D eigenvalue weighted by atomic mass is 10.1. The van der Waals surface area contributed by atoms with Gasteiger partial charge in [0.2, 0.25) is 5.16 Å². The Morgan fingerprint density at radius 2 is 2.14 bits per heavy atom. The maximum absolute atomic E-state index is 13.4. The van der Waals surface area contributed by atoms with Crippen molar-refractivity contribution in [3.05, 3.63) is 29.6 Å². The molecule has 112 valence electrons. The van der Waals surface area contributed by atoms with E-state index in [1.807, 2.05) is 4.68 Å². The second kappa shape index (κ2) is 6.53. The van der Waals surface area contributed by atoms with E-state index in [2.05, 4.69) is 15.5 Å². The molecule has 7 heteroatoms. The molecule has 0 aliphatic heterocycles. The molecule has 2 N–H and O–H groups in total. The van der Waals surface area contributed by atoms with E-state index in [0.717, 1.165) is 28.5 Å².